The van der Waals surface area contributed by atoms with Crippen molar-refractivity contribution < 1.29 is 19.1 Å². The van der Waals surface area contributed by atoms with Gasteiger partial charge in [0.2, 0.25) is 0 Å². The number of rotatable bonds is 5. The molecule has 0 bridgehead atoms. The molecule has 1 saturated heterocycles. The summed E-state index contributed by atoms with van der Waals surface area (Å²) in [6, 6.07) is 11.0. The van der Waals surface area contributed by atoms with Crippen LogP contribution in [0.4, 0.5) is 5.69 Å². The number of anilines is 1. The monoisotopic (exact) mass is 446 g/mol. The molecule has 6 nitrogen and oxygen atoms in total. The highest BCUT2D eigenvalue weighted by Gasteiger charge is 2.24. The fraction of sp³-hybridized carbons (Fsp3) is 0.333. The van der Waals surface area contributed by atoms with E-state index in [2.05, 4.69) is 20.8 Å². The molecule has 0 unspecified atom stereocenters. The summed E-state index contributed by atoms with van der Waals surface area (Å²) in [6.45, 7) is 4.26. The number of ether oxygens (including phenoxy) is 2. The lowest BCUT2D eigenvalue weighted by Crippen LogP contribution is -2.48. The highest BCUT2D eigenvalue weighted by molar-refractivity contribution is 9.10. The van der Waals surface area contributed by atoms with E-state index in [-0.39, 0.29) is 11.7 Å². The Morgan fingerprint density at radius 2 is 1.43 bits per heavy atom. The highest BCUT2D eigenvalue weighted by atomic mass is 79.9. The van der Waals surface area contributed by atoms with Crippen LogP contribution in [0.2, 0.25) is 0 Å². The quantitative estimate of drug-likeness (QED) is 0.656. The zero-order valence-corrected chi connectivity index (χ0v) is 17.8. The molecule has 0 radical (unpaired) electrons. The van der Waals surface area contributed by atoms with Gasteiger partial charge in [-0.15, -0.1) is 0 Å². The molecule has 0 saturated carbocycles. The number of Topliss-reactive ketones (excluding diaryl/α,β-unsaturated/α-hetero) is 1. The number of hydrogen-bond acceptors (Lipinski definition) is 5. The summed E-state index contributed by atoms with van der Waals surface area (Å²) < 4.78 is 11.4. The number of carbonyl (C=O) groups is 2. The fourth-order valence-corrected chi connectivity index (χ4v) is 3.80. The molecule has 1 aliphatic rings. The fourth-order valence-electron chi connectivity index (χ4n) is 3.25. The minimum absolute atomic E-state index is 0.0457. The molecule has 1 amide bonds. The summed E-state index contributed by atoms with van der Waals surface area (Å²) in [4.78, 5) is 28.4. The third-order valence-corrected chi connectivity index (χ3v) is 5.68. The Hall–Kier alpha value is -2.54. The van der Waals surface area contributed by atoms with Crippen LogP contribution in [0, 0.1) is 0 Å². The maximum absolute atomic E-state index is 13.0. The lowest BCUT2D eigenvalue weighted by molar-refractivity contribution is 0.0745. The van der Waals surface area contributed by atoms with Crippen molar-refractivity contribution in [2.45, 2.75) is 6.92 Å². The van der Waals surface area contributed by atoms with Gasteiger partial charge in [-0.1, -0.05) is 0 Å². The van der Waals surface area contributed by atoms with Crippen molar-refractivity contribution in [1.82, 2.24) is 4.90 Å². The van der Waals surface area contributed by atoms with Gasteiger partial charge in [0.1, 0.15) is 16.0 Å². The zero-order chi connectivity index (χ0) is 20.3. The first-order valence-electron chi connectivity index (χ1n) is 9.01. The number of nitrogens with zero attached hydrogens (tertiary/aromatic N) is 2. The molecule has 2 aromatic carbocycles. The van der Waals surface area contributed by atoms with Crippen molar-refractivity contribution in [3.8, 4) is 11.5 Å². The van der Waals surface area contributed by atoms with Crippen LogP contribution >= 0.6 is 15.9 Å². The summed E-state index contributed by atoms with van der Waals surface area (Å²) in [5, 5.41) is 0. The molecule has 0 N–H and O–H groups in total. The zero-order valence-electron chi connectivity index (χ0n) is 16.2. The Kier molecular flexibility index (Phi) is 6.24. The maximum atomic E-state index is 13.0. The lowest BCUT2D eigenvalue weighted by Gasteiger charge is -2.36. The predicted molar refractivity (Wildman–Crippen MR) is 112 cm³/mol. The van der Waals surface area contributed by atoms with E-state index in [0.717, 1.165) is 18.8 Å². The summed E-state index contributed by atoms with van der Waals surface area (Å²) >= 11 is 3.43. The molecule has 1 heterocycles. The second-order valence-electron chi connectivity index (χ2n) is 6.58. The van der Waals surface area contributed by atoms with Crippen LogP contribution in [0.25, 0.3) is 0 Å². The third-order valence-electron chi connectivity index (χ3n) is 4.90. The van der Waals surface area contributed by atoms with E-state index in [9.17, 15) is 9.59 Å². The van der Waals surface area contributed by atoms with Crippen molar-refractivity contribution >= 4 is 33.3 Å². The topological polar surface area (TPSA) is 59.1 Å². The van der Waals surface area contributed by atoms with E-state index in [1.54, 1.807) is 33.3 Å². The smallest absolute Gasteiger partial charge is 0.254 e. The van der Waals surface area contributed by atoms with Crippen molar-refractivity contribution in [2.75, 3.05) is 45.3 Å². The van der Waals surface area contributed by atoms with Gasteiger partial charge in [0.05, 0.1) is 14.2 Å². The van der Waals surface area contributed by atoms with Crippen LogP contribution in [0.3, 0.4) is 0 Å². The maximum Gasteiger partial charge on any atom is 0.254 e. The Morgan fingerprint density at radius 3 is 1.89 bits per heavy atom. The van der Waals surface area contributed by atoms with Crippen LogP contribution in [0.5, 0.6) is 11.5 Å². The van der Waals surface area contributed by atoms with E-state index in [4.69, 9.17) is 9.47 Å². The van der Waals surface area contributed by atoms with Crippen LogP contribution in [0.1, 0.15) is 27.6 Å². The Morgan fingerprint density at radius 1 is 0.893 bits per heavy atom. The molecule has 28 heavy (non-hydrogen) atoms. The molecule has 148 valence electrons. The number of ketones is 1. The van der Waals surface area contributed by atoms with Crippen LogP contribution < -0.4 is 14.4 Å². The van der Waals surface area contributed by atoms with Gasteiger partial charge in [-0.2, -0.15) is 0 Å². The van der Waals surface area contributed by atoms with Gasteiger partial charge in [0.25, 0.3) is 5.91 Å². The van der Waals surface area contributed by atoms with Gasteiger partial charge >= 0.3 is 0 Å². The predicted octanol–water partition coefficient (Wildman–Crippen LogP) is 3.63. The van der Waals surface area contributed by atoms with E-state index in [0.29, 0.717) is 40.2 Å². The molecule has 1 aliphatic heterocycles. The van der Waals surface area contributed by atoms with Gasteiger partial charge in [-0.05, 0) is 59.3 Å². The van der Waals surface area contributed by atoms with E-state index < -0.39 is 0 Å². The molecule has 2 aromatic rings. The van der Waals surface area contributed by atoms with Crippen molar-refractivity contribution in [2.24, 2.45) is 0 Å². The number of benzene rings is 2. The number of piperazine rings is 1. The second-order valence-corrected chi connectivity index (χ2v) is 7.37. The highest BCUT2D eigenvalue weighted by Crippen LogP contribution is 2.36. The average molecular weight is 447 g/mol. The molecule has 0 aliphatic carbocycles. The first-order chi connectivity index (χ1) is 13.4. The summed E-state index contributed by atoms with van der Waals surface area (Å²) in [5.74, 6) is 1.14. The Labute approximate surface area is 173 Å². The van der Waals surface area contributed by atoms with E-state index >= 15 is 0 Å². The molecule has 7 heteroatoms. The normalized spacial score (nSPS) is 14.0. The van der Waals surface area contributed by atoms with Gasteiger partial charge < -0.3 is 19.3 Å². The standard InChI is InChI=1S/C21H23BrN2O4/c1-14(25)15-4-6-17(7-5-15)23-8-10-24(11-9-23)21(26)16-12-18(27-2)20(22)19(13-16)28-3/h4-7,12-13H,8-11H2,1-3H3. The molecule has 0 spiro atoms. The van der Waals surface area contributed by atoms with Crippen molar-refractivity contribution in [3.05, 3.63) is 52.0 Å². The molecular formula is C21H23BrN2O4. The van der Waals surface area contributed by atoms with Crippen LogP contribution in [-0.4, -0.2) is 57.0 Å². The Bertz CT molecular complexity index is 849. The van der Waals surface area contributed by atoms with Gasteiger partial charge in [0.15, 0.2) is 5.78 Å². The SMILES string of the molecule is COc1cc(C(=O)N2CCN(c3ccc(C(C)=O)cc3)CC2)cc(OC)c1Br. The molecule has 3 rings (SSSR count). The van der Waals surface area contributed by atoms with Crippen molar-refractivity contribution in [1.29, 1.82) is 0 Å². The second kappa shape index (κ2) is 8.65. The van der Waals surface area contributed by atoms with Crippen molar-refractivity contribution in [3.63, 3.8) is 0 Å². The summed E-state index contributed by atoms with van der Waals surface area (Å²) in [7, 11) is 3.12. The molecule has 1 fully saturated rings. The number of hydrogen-bond donors (Lipinski definition) is 0. The van der Waals surface area contributed by atoms with Crippen LogP contribution in [0.15, 0.2) is 40.9 Å². The minimum atomic E-state index is -0.0457. The first-order valence-corrected chi connectivity index (χ1v) is 9.80. The largest absolute Gasteiger partial charge is 0.495 e. The summed E-state index contributed by atoms with van der Waals surface area (Å²) in [5.41, 5.74) is 2.30. The Balaban J connectivity index is 1.69. The van der Waals surface area contributed by atoms with Gasteiger partial charge in [-0.3, -0.25) is 9.59 Å². The van der Waals surface area contributed by atoms with Gasteiger partial charge in [-0.25, -0.2) is 0 Å². The number of amides is 1. The molecule has 0 aromatic heterocycles. The van der Waals surface area contributed by atoms with E-state index in [1.807, 2.05) is 29.2 Å². The minimum Gasteiger partial charge on any atom is -0.495 e. The number of carbonyl (C=O) groups excluding carboxylic acids is 2. The van der Waals surface area contributed by atoms with Crippen LogP contribution in [-0.2, 0) is 0 Å². The van der Waals surface area contributed by atoms with Gasteiger partial charge in [0, 0.05) is 43.0 Å². The van der Waals surface area contributed by atoms with E-state index in [1.165, 1.54) is 0 Å². The molecule has 0 atom stereocenters. The lowest BCUT2D eigenvalue weighted by atomic mass is 10.1. The number of halogens is 1. The first kappa shape index (κ1) is 20.2. The summed E-state index contributed by atoms with van der Waals surface area (Å²) in [6.07, 6.45) is 0. The third kappa shape index (κ3) is 4.14. The average Bonchev–Trinajstić information content (AvgIpc) is 2.73. The molecular weight excluding hydrogens is 424 g/mol. The number of methoxy groups -OCH3 is 2.